The van der Waals surface area contributed by atoms with E-state index in [0.717, 1.165) is 19.0 Å². The van der Waals surface area contributed by atoms with Crippen molar-refractivity contribution >= 4 is 0 Å². The van der Waals surface area contributed by atoms with E-state index >= 15 is 0 Å². The van der Waals surface area contributed by atoms with E-state index in [1.165, 1.54) is 19.3 Å². The zero-order valence-electron chi connectivity index (χ0n) is 9.71. The fraction of sp³-hybridized carbons (Fsp3) is 1.00. The van der Waals surface area contributed by atoms with Gasteiger partial charge in [0.15, 0.2) is 0 Å². The summed E-state index contributed by atoms with van der Waals surface area (Å²) in [6, 6.07) is 0.365. The molecule has 0 saturated heterocycles. The molecule has 0 aliphatic carbocycles. The largest absolute Gasteiger partial charge is 0.327 e. The van der Waals surface area contributed by atoms with Gasteiger partial charge in [0.2, 0.25) is 0 Å². The average molecular weight is 186 g/mol. The van der Waals surface area contributed by atoms with Gasteiger partial charge in [-0.3, -0.25) is 0 Å². The van der Waals surface area contributed by atoms with Crippen molar-refractivity contribution in [2.24, 2.45) is 11.7 Å². The van der Waals surface area contributed by atoms with E-state index in [4.69, 9.17) is 5.73 Å². The summed E-state index contributed by atoms with van der Waals surface area (Å²) in [7, 11) is 2.16. The van der Waals surface area contributed by atoms with E-state index in [0.29, 0.717) is 6.04 Å². The highest BCUT2D eigenvalue weighted by Crippen LogP contribution is 2.01. The lowest BCUT2D eigenvalue weighted by Gasteiger charge is -2.22. The highest BCUT2D eigenvalue weighted by atomic mass is 15.1. The van der Waals surface area contributed by atoms with Crippen LogP contribution in [0.15, 0.2) is 0 Å². The number of rotatable bonds is 7. The minimum Gasteiger partial charge on any atom is -0.327 e. The molecule has 1 atom stereocenters. The molecule has 0 aliphatic rings. The number of nitrogens with two attached hydrogens (primary N) is 1. The van der Waals surface area contributed by atoms with Crippen LogP contribution in [0.5, 0.6) is 0 Å². The van der Waals surface area contributed by atoms with Gasteiger partial charge in [0, 0.05) is 19.1 Å². The van der Waals surface area contributed by atoms with Crippen LogP contribution < -0.4 is 5.73 Å². The lowest BCUT2D eigenvalue weighted by atomic mass is 10.1. The Kier molecular flexibility index (Phi) is 7.29. The van der Waals surface area contributed by atoms with Crippen molar-refractivity contribution in [3.63, 3.8) is 0 Å². The van der Waals surface area contributed by atoms with Gasteiger partial charge in [-0.1, -0.05) is 33.6 Å². The number of hydrogen-bond acceptors (Lipinski definition) is 2. The first-order valence-electron chi connectivity index (χ1n) is 5.50. The predicted molar refractivity (Wildman–Crippen MR) is 59.8 cm³/mol. The van der Waals surface area contributed by atoms with Crippen LogP contribution in [0, 0.1) is 5.92 Å². The minimum absolute atomic E-state index is 0.365. The second-order valence-electron chi connectivity index (χ2n) is 4.52. The zero-order chi connectivity index (χ0) is 10.3. The maximum absolute atomic E-state index is 5.99. The summed E-state index contributed by atoms with van der Waals surface area (Å²) in [4.78, 5) is 2.34. The van der Waals surface area contributed by atoms with Crippen LogP contribution in [0.25, 0.3) is 0 Å². The molecule has 2 heteroatoms. The van der Waals surface area contributed by atoms with Crippen LogP contribution in [0.3, 0.4) is 0 Å². The molecule has 0 rings (SSSR count). The van der Waals surface area contributed by atoms with E-state index in [1.54, 1.807) is 0 Å². The van der Waals surface area contributed by atoms with Crippen molar-refractivity contribution in [3.05, 3.63) is 0 Å². The van der Waals surface area contributed by atoms with Crippen LogP contribution in [0.1, 0.15) is 40.0 Å². The fourth-order valence-corrected chi connectivity index (χ4v) is 1.66. The van der Waals surface area contributed by atoms with Gasteiger partial charge in [-0.2, -0.15) is 0 Å². The van der Waals surface area contributed by atoms with Gasteiger partial charge in [-0.25, -0.2) is 0 Å². The normalized spacial score (nSPS) is 14.1. The third kappa shape index (κ3) is 8.26. The first-order chi connectivity index (χ1) is 6.06. The Morgan fingerprint density at radius 1 is 1.23 bits per heavy atom. The first kappa shape index (κ1) is 12.9. The fourth-order valence-electron chi connectivity index (χ4n) is 1.66. The summed E-state index contributed by atoms with van der Waals surface area (Å²) in [5.74, 6) is 0.739. The maximum Gasteiger partial charge on any atom is 0.0167 e. The molecular weight excluding hydrogens is 160 g/mol. The molecular formula is C11H26N2. The van der Waals surface area contributed by atoms with Crippen LogP contribution in [0.4, 0.5) is 0 Å². The van der Waals surface area contributed by atoms with Gasteiger partial charge < -0.3 is 10.6 Å². The van der Waals surface area contributed by atoms with E-state index in [9.17, 15) is 0 Å². The second kappa shape index (κ2) is 7.34. The molecule has 80 valence electrons. The third-order valence-electron chi connectivity index (χ3n) is 2.15. The van der Waals surface area contributed by atoms with Gasteiger partial charge in [-0.05, 0) is 19.4 Å². The summed E-state index contributed by atoms with van der Waals surface area (Å²) in [5, 5.41) is 0. The van der Waals surface area contributed by atoms with Crippen molar-refractivity contribution in [1.29, 1.82) is 0 Å². The Hall–Kier alpha value is -0.0800. The lowest BCUT2D eigenvalue weighted by molar-refractivity contribution is 0.272. The Labute approximate surface area is 83.5 Å². The number of likely N-dealkylation sites (N-methyl/N-ethyl adjacent to an activating group) is 1. The molecule has 0 bridgehead atoms. The minimum atomic E-state index is 0.365. The summed E-state index contributed by atoms with van der Waals surface area (Å²) in [5.41, 5.74) is 5.99. The van der Waals surface area contributed by atoms with Crippen molar-refractivity contribution in [2.45, 2.75) is 46.1 Å². The van der Waals surface area contributed by atoms with Crippen molar-refractivity contribution in [3.8, 4) is 0 Å². The van der Waals surface area contributed by atoms with Crippen molar-refractivity contribution in [1.82, 2.24) is 4.90 Å². The van der Waals surface area contributed by atoms with E-state index in [2.05, 4.69) is 32.7 Å². The average Bonchev–Trinajstić information content (AvgIpc) is 1.98. The maximum atomic E-state index is 5.99. The van der Waals surface area contributed by atoms with Crippen LogP contribution in [-0.2, 0) is 0 Å². The molecule has 0 heterocycles. The molecule has 0 aromatic heterocycles. The Balaban J connectivity index is 3.46. The molecule has 0 aliphatic heterocycles. The quantitative estimate of drug-likeness (QED) is 0.659. The third-order valence-corrected chi connectivity index (χ3v) is 2.15. The molecule has 0 amide bonds. The molecule has 0 radical (unpaired) electrons. The van der Waals surface area contributed by atoms with Crippen molar-refractivity contribution < 1.29 is 0 Å². The Bertz CT molecular complexity index is 113. The van der Waals surface area contributed by atoms with Gasteiger partial charge in [0.1, 0.15) is 0 Å². The van der Waals surface area contributed by atoms with E-state index < -0.39 is 0 Å². The monoisotopic (exact) mass is 186 g/mol. The highest BCUT2D eigenvalue weighted by Gasteiger charge is 2.07. The molecule has 0 aromatic rings. The Morgan fingerprint density at radius 3 is 2.31 bits per heavy atom. The van der Waals surface area contributed by atoms with Crippen LogP contribution in [-0.4, -0.2) is 31.1 Å². The highest BCUT2D eigenvalue weighted by molar-refractivity contribution is 4.66. The Morgan fingerprint density at radius 2 is 1.85 bits per heavy atom. The zero-order valence-corrected chi connectivity index (χ0v) is 9.71. The molecule has 2 N–H and O–H groups in total. The van der Waals surface area contributed by atoms with Crippen molar-refractivity contribution in [2.75, 3.05) is 20.1 Å². The number of unbranched alkanes of at least 4 members (excludes halogenated alkanes) is 1. The molecule has 1 unspecified atom stereocenters. The predicted octanol–water partition coefficient (Wildman–Crippen LogP) is 2.09. The first-order valence-corrected chi connectivity index (χ1v) is 5.50. The van der Waals surface area contributed by atoms with Gasteiger partial charge >= 0.3 is 0 Å². The van der Waals surface area contributed by atoms with E-state index in [-0.39, 0.29) is 0 Å². The standard InChI is InChI=1S/C11H26N2/c1-5-6-7-11(12)9-13(4)8-10(2)3/h10-11H,5-9,12H2,1-4H3. The summed E-state index contributed by atoms with van der Waals surface area (Å²) in [6.07, 6.45) is 3.68. The van der Waals surface area contributed by atoms with Crippen LogP contribution in [0.2, 0.25) is 0 Å². The SMILES string of the molecule is CCCCC(N)CN(C)CC(C)C. The topological polar surface area (TPSA) is 29.3 Å². The molecule has 0 spiro atoms. The van der Waals surface area contributed by atoms with Gasteiger partial charge in [-0.15, -0.1) is 0 Å². The second-order valence-corrected chi connectivity index (χ2v) is 4.52. The van der Waals surface area contributed by atoms with E-state index in [1.807, 2.05) is 0 Å². The molecule has 0 saturated carbocycles. The molecule has 0 fully saturated rings. The lowest BCUT2D eigenvalue weighted by Crippen LogP contribution is -2.36. The summed E-state index contributed by atoms with van der Waals surface area (Å²) < 4.78 is 0. The summed E-state index contributed by atoms with van der Waals surface area (Å²) >= 11 is 0. The smallest absolute Gasteiger partial charge is 0.0167 e. The summed E-state index contributed by atoms with van der Waals surface area (Å²) in [6.45, 7) is 8.89. The molecule has 2 nitrogen and oxygen atoms in total. The molecule has 0 aromatic carbocycles. The van der Waals surface area contributed by atoms with Gasteiger partial charge in [0.25, 0.3) is 0 Å². The van der Waals surface area contributed by atoms with Crippen LogP contribution >= 0.6 is 0 Å². The number of nitrogens with zero attached hydrogens (tertiary/aromatic N) is 1. The molecule has 13 heavy (non-hydrogen) atoms. The van der Waals surface area contributed by atoms with Gasteiger partial charge in [0.05, 0.1) is 0 Å². The number of hydrogen-bond donors (Lipinski definition) is 1.